The van der Waals surface area contributed by atoms with Crippen LogP contribution in [0.25, 0.3) is 0 Å². The van der Waals surface area contributed by atoms with Crippen molar-refractivity contribution in [2.45, 2.75) is 50.5 Å². The summed E-state index contributed by atoms with van der Waals surface area (Å²) < 4.78 is 0. The van der Waals surface area contributed by atoms with Gasteiger partial charge in [-0.2, -0.15) is 0 Å². The van der Waals surface area contributed by atoms with Crippen molar-refractivity contribution in [3.05, 3.63) is 48.0 Å². The number of hydrogen-bond acceptors (Lipinski definition) is 1. The Balaban J connectivity index is 2.17. The fourth-order valence-electron chi connectivity index (χ4n) is 2.76. The second kappa shape index (κ2) is 5.05. The topological polar surface area (TPSA) is 20.2 Å². The maximum Gasteiger partial charge on any atom is 0.0673 e. The summed E-state index contributed by atoms with van der Waals surface area (Å²) in [4.78, 5) is 0. The van der Waals surface area contributed by atoms with E-state index in [4.69, 9.17) is 0 Å². The van der Waals surface area contributed by atoms with Crippen molar-refractivity contribution >= 4 is 0 Å². The largest absolute Gasteiger partial charge is 0.392 e. The lowest BCUT2D eigenvalue weighted by Gasteiger charge is -2.46. The van der Waals surface area contributed by atoms with Gasteiger partial charge in [0.25, 0.3) is 0 Å². The Morgan fingerprint density at radius 1 is 1.35 bits per heavy atom. The van der Waals surface area contributed by atoms with E-state index in [2.05, 4.69) is 37.8 Å². The highest BCUT2D eigenvalue weighted by Crippen LogP contribution is 2.47. The molecule has 0 amide bonds. The molecule has 1 N–H and O–H groups in total. The van der Waals surface area contributed by atoms with Gasteiger partial charge >= 0.3 is 0 Å². The van der Waals surface area contributed by atoms with E-state index in [1.165, 1.54) is 12.0 Å². The van der Waals surface area contributed by atoms with Gasteiger partial charge in [0, 0.05) is 5.41 Å². The van der Waals surface area contributed by atoms with Crippen molar-refractivity contribution in [2.75, 3.05) is 0 Å². The fraction of sp³-hybridized carbons (Fsp3) is 0.500. The van der Waals surface area contributed by atoms with Crippen molar-refractivity contribution in [3.63, 3.8) is 0 Å². The molecule has 1 heteroatoms. The molecule has 1 unspecified atom stereocenters. The maximum absolute atomic E-state index is 10.5. The smallest absolute Gasteiger partial charge is 0.0673 e. The third-order valence-corrected chi connectivity index (χ3v) is 4.21. The van der Waals surface area contributed by atoms with Gasteiger partial charge in [0.1, 0.15) is 0 Å². The zero-order chi connectivity index (χ0) is 12.3. The first-order valence-corrected chi connectivity index (χ1v) is 6.59. The van der Waals surface area contributed by atoms with E-state index in [1.54, 1.807) is 0 Å². The van der Waals surface area contributed by atoms with Gasteiger partial charge < -0.3 is 5.11 Å². The summed E-state index contributed by atoms with van der Waals surface area (Å²) in [6.07, 6.45) is 4.87. The molecule has 0 bridgehead atoms. The summed E-state index contributed by atoms with van der Waals surface area (Å²) in [5.74, 6) is 0. The van der Waals surface area contributed by atoms with E-state index in [0.717, 1.165) is 31.3 Å². The molecule has 1 aromatic carbocycles. The molecule has 0 saturated heterocycles. The van der Waals surface area contributed by atoms with Crippen LogP contribution in [0.3, 0.4) is 0 Å². The Morgan fingerprint density at radius 2 is 2.00 bits per heavy atom. The Labute approximate surface area is 104 Å². The van der Waals surface area contributed by atoms with Crippen molar-refractivity contribution in [1.29, 1.82) is 0 Å². The molecule has 0 heterocycles. The van der Waals surface area contributed by atoms with Crippen LogP contribution in [0.1, 0.15) is 44.6 Å². The third-order valence-electron chi connectivity index (χ3n) is 4.21. The summed E-state index contributed by atoms with van der Waals surface area (Å²) in [6, 6.07) is 10.5. The van der Waals surface area contributed by atoms with E-state index in [1.807, 2.05) is 6.07 Å². The van der Waals surface area contributed by atoms with Crippen LogP contribution in [0.2, 0.25) is 0 Å². The van der Waals surface area contributed by atoms with Gasteiger partial charge in [-0.3, -0.25) is 0 Å². The number of rotatable bonds is 5. The summed E-state index contributed by atoms with van der Waals surface area (Å²) in [5, 5.41) is 10.5. The summed E-state index contributed by atoms with van der Waals surface area (Å²) >= 11 is 0. The molecule has 1 fully saturated rings. The molecule has 0 radical (unpaired) electrons. The van der Waals surface area contributed by atoms with E-state index in [9.17, 15) is 5.11 Å². The molecule has 2 rings (SSSR count). The Hall–Kier alpha value is -1.08. The number of aliphatic hydroxyl groups is 1. The molecule has 1 nitrogen and oxygen atoms in total. The number of hydrogen-bond donors (Lipinski definition) is 1. The van der Waals surface area contributed by atoms with Crippen LogP contribution in [0.4, 0.5) is 0 Å². The van der Waals surface area contributed by atoms with E-state index in [0.29, 0.717) is 0 Å². The second-order valence-corrected chi connectivity index (χ2v) is 5.20. The highest BCUT2D eigenvalue weighted by molar-refractivity contribution is 5.30. The van der Waals surface area contributed by atoms with Crippen LogP contribution < -0.4 is 0 Å². The van der Waals surface area contributed by atoms with E-state index < -0.39 is 0 Å². The molecule has 17 heavy (non-hydrogen) atoms. The molecule has 1 saturated carbocycles. The number of aliphatic hydroxyl groups excluding tert-OH is 1. The van der Waals surface area contributed by atoms with Gasteiger partial charge in [-0.25, -0.2) is 0 Å². The van der Waals surface area contributed by atoms with E-state index in [-0.39, 0.29) is 11.5 Å². The monoisotopic (exact) mass is 230 g/mol. The van der Waals surface area contributed by atoms with Crippen LogP contribution in [-0.2, 0) is 5.41 Å². The first-order valence-electron chi connectivity index (χ1n) is 6.59. The minimum atomic E-state index is -0.272. The Bertz CT molecular complexity index is 376. The molecule has 1 aliphatic rings. The van der Waals surface area contributed by atoms with Gasteiger partial charge in [-0.05, 0) is 31.2 Å². The van der Waals surface area contributed by atoms with E-state index >= 15 is 0 Å². The lowest BCUT2D eigenvalue weighted by Crippen LogP contribution is -2.45. The molecular weight excluding hydrogens is 208 g/mol. The zero-order valence-electron chi connectivity index (χ0n) is 10.7. The normalized spacial score (nSPS) is 19.4. The highest BCUT2D eigenvalue weighted by Gasteiger charge is 2.44. The minimum Gasteiger partial charge on any atom is -0.392 e. The number of benzene rings is 1. The van der Waals surface area contributed by atoms with Gasteiger partial charge in [0.05, 0.1) is 6.10 Å². The van der Waals surface area contributed by atoms with Crippen molar-refractivity contribution in [3.8, 4) is 0 Å². The second-order valence-electron chi connectivity index (χ2n) is 5.20. The summed E-state index contributed by atoms with van der Waals surface area (Å²) in [5.41, 5.74) is 2.45. The van der Waals surface area contributed by atoms with Crippen LogP contribution in [-0.4, -0.2) is 11.2 Å². The first kappa shape index (κ1) is 12.4. The molecule has 0 spiro atoms. The zero-order valence-corrected chi connectivity index (χ0v) is 10.7. The average Bonchev–Trinajstić information content (AvgIpc) is 2.28. The maximum atomic E-state index is 10.5. The highest BCUT2D eigenvalue weighted by atomic mass is 16.3. The molecule has 92 valence electrons. The predicted molar refractivity (Wildman–Crippen MR) is 72.0 cm³/mol. The molecule has 1 aliphatic carbocycles. The van der Waals surface area contributed by atoms with Crippen molar-refractivity contribution < 1.29 is 5.11 Å². The molecule has 1 atom stereocenters. The fourth-order valence-corrected chi connectivity index (χ4v) is 2.76. The van der Waals surface area contributed by atoms with Crippen molar-refractivity contribution in [1.82, 2.24) is 0 Å². The van der Waals surface area contributed by atoms with Gasteiger partial charge in [-0.1, -0.05) is 55.8 Å². The molecule has 0 aliphatic heterocycles. The third kappa shape index (κ3) is 2.30. The predicted octanol–water partition coefficient (Wildman–Crippen LogP) is 3.83. The molecule has 0 aromatic heterocycles. The first-order chi connectivity index (χ1) is 8.19. The van der Waals surface area contributed by atoms with Gasteiger partial charge in [0.15, 0.2) is 0 Å². The lowest BCUT2D eigenvalue weighted by atomic mass is 9.60. The Kier molecular flexibility index (Phi) is 3.68. The van der Waals surface area contributed by atoms with Crippen molar-refractivity contribution in [2.24, 2.45) is 0 Å². The SMILES string of the molecule is C=C(CC)CC(O)C1(c2ccccc2)CCC1. The lowest BCUT2D eigenvalue weighted by molar-refractivity contribution is 0.0283. The van der Waals surface area contributed by atoms with Crippen LogP contribution in [0, 0.1) is 0 Å². The average molecular weight is 230 g/mol. The van der Waals surface area contributed by atoms with Gasteiger partial charge in [0.2, 0.25) is 0 Å². The molecule has 1 aromatic rings. The summed E-state index contributed by atoms with van der Waals surface area (Å²) in [7, 11) is 0. The van der Waals surface area contributed by atoms with Crippen LogP contribution in [0.15, 0.2) is 42.5 Å². The van der Waals surface area contributed by atoms with Gasteiger partial charge in [-0.15, -0.1) is 0 Å². The Morgan fingerprint density at radius 3 is 2.47 bits per heavy atom. The van der Waals surface area contributed by atoms with Crippen LogP contribution >= 0.6 is 0 Å². The minimum absolute atomic E-state index is 0.000625. The standard InChI is InChI=1S/C16H22O/c1-3-13(2)12-15(17)16(10-7-11-16)14-8-5-4-6-9-14/h4-6,8-9,15,17H,2-3,7,10-12H2,1H3. The summed E-state index contributed by atoms with van der Waals surface area (Å²) in [6.45, 7) is 6.12. The molecular formula is C16H22O. The quantitative estimate of drug-likeness (QED) is 0.762. The van der Waals surface area contributed by atoms with Crippen LogP contribution in [0.5, 0.6) is 0 Å².